The van der Waals surface area contributed by atoms with Gasteiger partial charge in [-0.2, -0.15) is 0 Å². The molecule has 1 amide bonds. The number of anilines is 2. The number of rotatable bonds is 3. The molecule has 1 aromatic carbocycles. The lowest BCUT2D eigenvalue weighted by Crippen LogP contribution is -2.68. The highest BCUT2D eigenvalue weighted by Gasteiger charge is 2.41. The Morgan fingerprint density at radius 3 is 2.87 bits per heavy atom. The number of aryl methyl sites for hydroxylation is 2. The summed E-state index contributed by atoms with van der Waals surface area (Å²) in [6.07, 6.45) is 4.14. The Kier molecular flexibility index (Phi) is 4.43. The molecule has 4 N–H and O–H groups in total. The number of pyridine rings is 1. The van der Waals surface area contributed by atoms with Gasteiger partial charge in [-0.25, -0.2) is 4.98 Å². The van der Waals surface area contributed by atoms with E-state index in [1.807, 2.05) is 19.1 Å². The molecule has 1 aliphatic carbocycles. The quantitative estimate of drug-likeness (QED) is 0.591. The van der Waals surface area contributed by atoms with Crippen molar-refractivity contribution < 1.29 is 4.79 Å². The fraction of sp³-hybridized carbons (Fsp3) is 0.417. The van der Waals surface area contributed by atoms with Gasteiger partial charge in [-0.15, -0.1) is 11.3 Å². The average molecular weight is 434 g/mol. The second kappa shape index (κ2) is 7.21. The molecule has 31 heavy (non-hydrogen) atoms. The van der Waals surface area contributed by atoms with E-state index < -0.39 is 0 Å². The molecule has 2 unspecified atom stereocenters. The molecule has 0 radical (unpaired) electrons. The van der Waals surface area contributed by atoms with Gasteiger partial charge in [0.15, 0.2) is 0 Å². The number of piperazine rings is 1. The van der Waals surface area contributed by atoms with Gasteiger partial charge in [0.2, 0.25) is 0 Å². The maximum atomic E-state index is 13.0. The van der Waals surface area contributed by atoms with E-state index in [0.717, 1.165) is 48.3 Å². The summed E-state index contributed by atoms with van der Waals surface area (Å²) in [6, 6.07) is 12.2. The molecule has 6 nitrogen and oxygen atoms in total. The Morgan fingerprint density at radius 2 is 2.06 bits per heavy atom. The molecule has 3 atom stereocenters. The smallest absolute Gasteiger partial charge is 0.263 e. The molecule has 0 saturated carbocycles. The molecular formula is C24H27N5OS. The van der Waals surface area contributed by atoms with Crippen LogP contribution in [0.1, 0.15) is 39.3 Å². The van der Waals surface area contributed by atoms with Crippen molar-refractivity contribution in [2.75, 3.05) is 23.7 Å². The largest absolute Gasteiger partial charge is 0.397 e. The number of nitrogen functional groups attached to an aromatic ring is 1. The highest BCUT2D eigenvalue weighted by Crippen LogP contribution is 2.37. The van der Waals surface area contributed by atoms with Crippen molar-refractivity contribution in [2.45, 2.75) is 50.7 Å². The monoisotopic (exact) mass is 433 g/mol. The summed E-state index contributed by atoms with van der Waals surface area (Å²) in [6.45, 7) is 4.14. The molecule has 0 spiro atoms. The summed E-state index contributed by atoms with van der Waals surface area (Å²) >= 11 is 1.38. The van der Waals surface area contributed by atoms with Gasteiger partial charge in [-0.3, -0.25) is 4.79 Å². The highest BCUT2D eigenvalue weighted by molar-refractivity contribution is 7.21. The highest BCUT2D eigenvalue weighted by atomic mass is 32.1. The number of carbonyl (C=O) groups is 1. The summed E-state index contributed by atoms with van der Waals surface area (Å²) in [5, 5.41) is 7.60. The zero-order valence-electron chi connectivity index (χ0n) is 17.6. The number of carbonyl (C=O) groups excluding carboxylic acids is 1. The lowest BCUT2D eigenvalue weighted by atomic mass is 9.85. The third-order valence-corrected chi connectivity index (χ3v) is 8.20. The zero-order chi connectivity index (χ0) is 21.1. The normalized spacial score (nSPS) is 24.5. The van der Waals surface area contributed by atoms with Crippen LogP contribution in [0.3, 0.4) is 0 Å². The van der Waals surface area contributed by atoms with E-state index in [1.165, 1.54) is 34.6 Å². The minimum absolute atomic E-state index is 0.0795. The van der Waals surface area contributed by atoms with Crippen molar-refractivity contribution >= 4 is 38.8 Å². The summed E-state index contributed by atoms with van der Waals surface area (Å²) in [5.74, 6) is -0.0795. The van der Waals surface area contributed by atoms with Crippen LogP contribution in [0, 0.1) is 6.92 Å². The van der Waals surface area contributed by atoms with Crippen LogP contribution in [0.15, 0.2) is 30.3 Å². The Hall–Kier alpha value is -2.64. The second-order valence-electron chi connectivity index (χ2n) is 9.13. The molecule has 160 valence electrons. The zero-order valence-corrected chi connectivity index (χ0v) is 18.5. The number of hydrogen-bond acceptors (Lipinski definition) is 6. The van der Waals surface area contributed by atoms with Crippen LogP contribution in [0.5, 0.6) is 0 Å². The van der Waals surface area contributed by atoms with Crippen molar-refractivity contribution in [3.8, 4) is 0 Å². The van der Waals surface area contributed by atoms with E-state index in [9.17, 15) is 4.79 Å². The molecule has 3 aromatic rings. The van der Waals surface area contributed by atoms with Crippen molar-refractivity contribution in [1.29, 1.82) is 0 Å². The third kappa shape index (κ3) is 3.18. The number of nitrogens with one attached hydrogen (secondary N) is 2. The number of thiophene rings is 1. The molecule has 3 aliphatic rings. The lowest BCUT2D eigenvalue weighted by molar-refractivity contribution is 0.0938. The number of amides is 1. The molecular weight excluding hydrogens is 406 g/mol. The van der Waals surface area contributed by atoms with Gasteiger partial charge in [0.05, 0.1) is 5.69 Å². The SMILES string of the molecule is Cc1ccc2c(N)c(C(=O)N[C@@H]3CCc4cc(N5C6CNCC5C6)ccc4C3)sc2n1. The summed E-state index contributed by atoms with van der Waals surface area (Å²) in [7, 11) is 0. The van der Waals surface area contributed by atoms with E-state index in [-0.39, 0.29) is 11.9 Å². The van der Waals surface area contributed by atoms with Gasteiger partial charge in [-0.05, 0) is 68.0 Å². The third-order valence-electron chi connectivity index (χ3n) is 7.08. The van der Waals surface area contributed by atoms with E-state index >= 15 is 0 Å². The van der Waals surface area contributed by atoms with E-state index in [1.54, 1.807) is 0 Å². The first-order valence-corrected chi connectivity index (χ1v) is 12.0. The fourth-order valence-electron chi connectivity index (χ4n) is 5.44. The minimum Gasteiger partial charge on any atom is -0.397 e. The predicted octanol–water partition coefficient (Wildman–Crippen LogP) is 3.02. The van der Waals surface area contributed by atoms with E-state index in [0.29, 0.717) is 22.6 Å². The first kappa shape index (κ1) is 19.1. The average Bonchev–Trinajstić information content (AvgIpc) is 3.10. The number of nitrogens with zero attached hydrogens (tertiary/aromatic N) is 2. The molecule has 4 heterocycles. The predicted molar refractivity (Wildman–Crippen MR) is 126 cm³/mol. The van der Waals surface area contributed by atoms with Gasteiger partial charge < -0.3 is 21.3 Å². The Morgan fingerprint density at radius 1 is 1.23 bits per heavy atom. The number of benzene rings is 1. The van der Waals surface area contributed by atoms with Crippen molar-refractivity contribution in [3.63, 3.8) is 0 Å². The van der Waals surface area contributed by atoms with Crippen LogP contribution >= 0.6 is 11.3 Å². The van der Waals surface area contributed by atoms with Gasteiger partial charge >= 0.3 is 0 Å². The number of fused-ring (bicyclic) bond motifs is 4. The lowest BCUT2D eigenvalue weighted by Gasteiger charge is -2.54. The van der Waals surface area contributed by atoms with Crippen LogP contribution in [-0.2, 0) is 12.8 Å². The number of aromatic nitrogens is 1. The standard InChI is InChI=1S/C24H27N5OS/c1-13-2-7-20-21(25)22(31-24(20)27-13)23(30)28-16-5-3-15-9-17(6-4-14(15)8-16)29-18-10-19(29)12-26-11-18/h2,4,6-7,9,16,18-19,26H,3,5,8,10-12,25H2,1H3,(H,28,30)/t16-,18?,19?/m1/s1. The molecule has 2 aliphatic heterocycles. The van der Waals surface area contributed by atoms with Gasteiger partial charge in [0.25, 0.3) is 5.91 Å². The van der Waals surface area contributed by atoms with E-state index in [2.05, 4.69) is 38.7 Å². The molecule has 6 rings (SSSR count). The van der Waals surface area contributed by atoms with Crippen LogP contribution in [0.25, 0.3) is 10.2 Å². The summed E-state index contributed by atoms with van der Waals surface area (Å²) < 4.78 is 0. The van der Waals surface area contributed by atoms with E-state index in [4.69, 9.17) is 5.73 Å². The maximum absolute atomic E-state index is 13.0. The number of nitrogens with two attached hydrogens (primary N) is 1. The van der Waals surface area contributed by atoms with Crippen molar-refractivity contribution in [3.05, 3.63) is 52.0 Å². The first-order valence-electron chi connectivity index (χ1n) is 11.1. The summed E-state index contributed by atoms with van der Waals surface area (Å²) in [5.41, 5.74) is 11.9. The fourth-order valence-corrected chi connectivity index (χ4v) is 6.48. The van der Waals surface area contributed by atoms with Crippen LogP contribution in [0.2, 0.25) is 0 Å². The Labute approximate surface area is 185 Å². The Balaban J connectivity index is 1.17. The summed E-state index contributed by atoms with van der Waals surface area (Å²) in [4.78, 5) is 21.5. The second-order valence-corrected chi connectivity index (χ2v) is 10.1. The minimum atomic E-state index is -0.0795. The molecule has 2 bridgehead atoms. The van der Waals surface area contributed by atoms with Crippen molar-refractivity contribution in [1.82, 2.24) is 15.6 Å². The molecule has 2 saturated heterocycles. The van der Waals surface area contributed by atoms with Gasteiger partial charge in [-0.1, -0.05) is 6.07 Å². The topological polar surface area (TPSA) is 83.3 Å². The maximum Gasteiger partial charge on any atom is 0.263 e. The number of hydrogen-bond donors (Lipinski definition) is 3. The van der Waals surface area contributed by atoms with Crippen LogP contribution < -0.4 is 21.3 Å². The molecule has 2 fully saturated rings. The van der Waals surface area contributed by atoms with Gasteiger partial charge in [0, 0.05) is 48.0 Å². The number of piperidine rings is 1. The first-order chi connectivity index (χ1) is 15.1. The van der Waals surface area contributed by atoms with Crippen molar-refractivity contribution in [2.24, 2.45) is 0 Å². The molecule has 7 heteroatoms. The van der Waals surface area contributed by atoms with Gasteiger partial charge in [0.1, 0.15) is 9.71 Å². The Bertz CT molecular complexity index is 1170. The van der Waals surface area contributed by atoms with Crippen LogP contribution in [0.4, 0.5) is 11.4 Å². The van der Waals surface area contributed by atoms with Crippen LogP contribution in [-0.4, -0.2) is 42.1 Å². The molecule has 2 aromatic heterocycles.